The fourth-order valence-electron chi connectivity index (χ4n) is 2.41. The van der Waals surface area contributed by atoms with E-state index in [-0.39, 0.29) is 11.3 Å². The number of rotatable bonds is 3. The zero-order valence-corrected chi connectivity index (χ0v) is 13.2. The van der Waals surface area contributed by atoms with Crippen LogP contribution in [0, 0.1) is 0 Å². The molecule has 0 spiro atoms. The van der Waals surface area contributed by atoms with Crippen molar-refractivity contribution >= 4 is 23.4 Å². The lowest BCUT2D eigenvalue weighted by Gasteiger charge is -2.22. The zero-order valence-electron chi connectivity index (χ0n) is 13.2. The van der Waals surface area contributed by atoms with Gasteiger partial charge in [0.15, 0.2) is 0 Å². The summed E-state index contributed by atoms with van der Waals surface area (Å²) < 4.78 is 5.19. The molecule has 0 bridgehead atoms. The van der Waals surface area contributed by atoms with Crippen molar-refractivity contribution in [3.63, 3.8) is 0 Å². The molecule has 1 aliphatic rings. The van der Waals surface area contributed by atoms with Gasteiger partial charge in [-0.15, -0.1) is 0 Å². The molecular formula is C16H22N2O4. The van der Waals surface area contributed by atoms with E-state index in [2.05, 4.69) is 10.2 Å². The number of carbonyl (C=O) groups is 2. The summed E-state index contributed by atoms with van der Waals surface area (Å²) in [5.74, 6) is -1.08. The van der Waals surface area contributed by atoms with Gasteiger partial charge in [-0.1, -0.05) is 0 Å². The van der Waals surface area contributed by atoms with Crippen LogP contribution in [0.4, 0.5) is 16.2 Å². The molecule has 2 rings (SSSR count). The number of amides is 1. The topological polar surface area (TPSA) is 78.9 Å². The van der Waals surface area contributed by atoms with Gasteiger partial charge in [-0.25, -0.2) is 9.59 Å². The van der Waals surface area contributed by atoms with Crippen LogP contribution in [0.2, 0.25) is 0 Å². The summed E-state index contributed by atoms with van der Waals surface area (Å²) in [5.41, 5.74) is 0.577. The van der Waals surface area contributed by atoms with Crippen LogP contribution in [0.15, 0.2) is 18.2 Å². The van der Waals surface area contributed by atoms with E-state index >= 15 is 0 Å². The first kappa shape index (κ1) is 16.1. The van der Waals surface area contributed by atoms with Gasteiger partial charge in [0.25, 0.3) is 0 Å². The third-order valence-corrected chi connectivity index (χ3v) is 3.34. The predicted molar refractivity (Wildman–Crippen MR) is 84.7 cm³/mol. The molecule has 1 heterocycles. The van der Waals surface area contributed by atoms with Crippen LogP contribution in [-0.2, 0) is 4.74 Å². The number of carboxylic acid groups (broad SMARTS) is 1. The molecule has 2 N–H and O–H groups in total. The number of carboxylic acids is 1. The van der Waals surface area contributed by atoms with E-state index in [1.165, 1.54) is 6.07 Å². The number of nitrogens with one attached hydrogen (secondary N) is 1. The molecule has 0 unspecified atom stereocenters. The molecule has 0 saturated carbocycles. The Morgan fingerprint density at radius 2 is 1.86 bits per heavy atom. The minimum atomic E-state index is -1.08. The van der Waals surface area contributed by atoms with E-state index in [9.17, 15) is 14.7 Å². The average molecular weight is 306 g/mol. The second-order valence-electron chi connectivity index (χ2n) is 6.36. The van der Waals surface area contributed by atoms with E-state index in [0.717, 1.165) is 31.6 Å². The summed E-state index contributed by atoms with van der Waals surface area (Å²) in [6.45, 7) is 7.15. The van der Waals surface area contributed by atoms with Crippen LogP contribution >= 0.6 is 0 Å². The van der Waals surface area contributed by atoms with Crippen LogP contribution in [0.3, 0.4) is 0 Å². The fraction of sp³-hybridized carbons (Fsp3) is 0.500. The number of aromatic carboxylic acids is 1. The van der Waals surface area contributed by atoms with Crippen LogP contribution in [-0.4, -0.2) is 35.9 Å². The van der Waals surface area contributed by atoms with E-state index in [4.69, 9.17) is 4.74 Å². The van der Waals surface area contributed by atoms with E-state index in [1.54, 1.807) is 32.9 Å². The lowest BCUT2D eigenvalue weighted by molar-refractivity contribution is 0.0636. The summed E-state index contributed by atoms with van der Waals surface area (Å²) in [6, 6.07) is 4.98. The van der Waals surface area contributed by atoms with Gasteiger partial charge in [0.2, 0.25) is 0 Å². The molecule has 1 aliphatic heterocycles. The van der Waals surface area contributed by atoms with Crippen molar-refractivity contribution in [3.8, 4) is 0 Å². The molecule has 0 atom stereocenters. The van der Waals surface area contributed by atoms with Gasteiger partial charge in [0.05, 0.1) is 11.3 Å². The van der Waals surface area contributed by atoms with Crippen molar-refractivity contribution in [2.45, 2.75) is 39.2 Å². The van der Waals surface area contributed by atoms with Crippen molar-refractivity contribution in [1.29, 1.82) is 0 Å². The molecule has 120 valence electrons. The van der Waals surface area contributed by atoms with Gasteiger partial charge in [-0.05, 0) is 51.8 Å². The number of anilines is 2. The van der Waals surface area contributed by atoms with Gasteiger partial charge in [-0.3, -0.25) is 5.32 Å². The first-order valence-corrected chi connectivity index (χ1v) is 7.38. The molecule has 1 aromatic carbocycles. The van der Waals surface area contributed by atoms with Gasteiger partial charge < -0.3 is 14.7 Å². The number of ether oxygens (including phenoxy) is 1. The standard InChI is InChI=1S/C16H22N2O4/c1-16(2,3)22-15(21)17-13-10-11(18-8-4-5-9-18)6-7-12(13)14(19)20/h6-7,10H,4-5,8-9H2,1-3H3,(H,17,21)(H,19,20). The molecule has 1 fully saturated rings. The van der Waals surface area contributed by atoms with Crippen LogP contribution in [0.5, 0.6) is 0 Å². The maximum Gasteiger partial charge on any atom is 0.412 e. The fourth-order valence-corrected chi connectivity index (χ4v) is 2.41. The lowest BCUT2D eigenvalue weighted by Crippen LogP contribution is -2.28. The van der Waals surface area contributed by atoms with Gasteiger partial charge in [0, 0.05) is 18.8 Å². The van der Waals surface area contributed by atoms with E-state index in [0.29, 0.717) is 0 Å². The third kappa shape index (κ3) is 4.13. The molecule has 0 radical (unpaired) electrons. The highest BCUT2D eigenvalue weighted by molar-refractivity contribution is 5.99. The Bertz CT molecular complexity index is 572. The highest BCUT2D eigenvalue weighted by Crippen LogP contribution is 2.27. The maximum absolute atomic E-state index is 11.9. The monoisotopic (exact) mass is 306 g/mol. The predicted octanol–water partition coefficient (Wildman–Crippen LogP) is 3.33. The zero-order chi connectivity index (χ0) is 16.3. The van der Waals surface area contributed by atoms with Crippen molar-refractivity contribution < 1.29 is 19.4 Å². The largest absolute Gasteiger partial charge is 0.478 e. The summed E-state index contributed by atoms with van der Waals surface area (Å²) in [6.07, 6.45) is 1.58. The molecule has 6 nitrogen and oxygen atoms in total. The Morgan fingerprint density at radius 3 is 2.41 bits per heavy atom. The third-order valence-electron chi connectivity index (χ3n) is 3.34. The van der Waals surface area contributed by atoms with E-state index < -0.39 is 17.7 Å². The maximum atomic E-state index is 11.9. The summed E-state index contributed by atoms with van der Waals surface area (Å²) in [7, 11) is 0. The first-order chi connectivity index (χ1) is 10.3. The second kappa shape index (κ2) is 6.25. The summed E-state index contributed by atoms with van der Waals surface area (Å²) in [4.78, 5) is 25.4. The molecule has 1 amide bonds. The van der Waals surface area contributed by atoms with Crippen LogP contribution < -0.4 is 10.2 Å². The van der Waals surface area contributed by atoms with Crippen molar-refractivity contribution in [3.05, 3.63) is 23.8 Å². The number of benzene rings is 1. The first-order valence-electron chi connectivity index (χ1n) is 7.38. The molecule has 6 heteroatoms. The molecule has 1 saturated heterocycles. The minimum absolute atomic E-state index is 0.0498. The van der Waals surface area contributed by atoms with Crippen molar-refractivity contribution in [2.75, 3.05) is 23.3 Å². The quantitative estimate of drug-likeness (QED) is 0.895. The van der Waals surface area contributed by atoms with Gasteiger partial charge in [-0.2, -0.15) is 0 Å². The van der Waals surface area contributed by atoms with E-state index in [1.807, 2.05) is 0 Å². The average Bonchev–Trinajstić information content (AvgIpc) is 2.89. The molecule has 0 aromatic heterocycles. The second-order valence-corrected chi connectivity index (χ2v) is 6.36. The number of hydrogen-bond donors (Lipinski definition) is 2. The molecule has 22 heavy (non-hydrogen) atoms. The van der Waals surface area contributed by atoms with Crippen molar-refractivity contribution in [1.82, 2.24) is 0 Å². The Hall–Kier alpha value is -2.24. The Kier molecular flexibility index (Phi) is 4.59. The molecule has 1 aromatic rings. The van der Waals surface area contributed by atoms with Gasteiger partial charge >= 0.3 is 12.1 Å². The lowest BCUT2D eigenvalue weighted by atomic mass is 10.1. The Morgan fingerprint density at radius 1 is 1.23 bits per heavy atom. The van der Waals surface area contributed by atoms with Crippen LogP contribution in [0.1, 0.15) is 44.0 Å². The highest BCUT2D eigenvalue weighted by Gasteiger charge is 2.20. The highest BCUT2D eigenvalue weighted by atomic mass is 16.6. The summed E-state index contributed by atoms with van der Waals surface area (Å²) in [5, 5.41) is 11.8. The summed E-state index contributed by atoms with van der Waals surface area (Å²) >= 11 is 0. The normalized spacial score (nSPS) is 14.8. The number of carbonyl (C=O) groups excluding carboxylic acids is 1. The minimum Gasteiger partial charge on any atom is -0.478 e. The van der Waals surface area contributed by atoms with Gasteiger partial charge in [0.1, 0.15) is 5.60 Å². The smallest absolute Gasteiger partial charge is 0.412 e. The molecular weight excluding hydrogens is 284 g/mol. The van der Waals surface area contributed by atoms with Crippen molar-refractivity contribution in [2.24, 2.45) is 0 Å². The van der Waals surface area contributed by atoms with Crippen LogP contribution in [0.25, 0.3) is 0 Å². The number of nitrogens with zero attached hydrogens (tertiary/aromatic N) is 1. The SMILES string of the molecule is CC(C)(C)OC(=O)Nc1cc(N2CCCC2)ccc1C(=O)O. The Balaban J connectivity index is 2.24. The Labute approximate surface area is 130 Å². The number of hydrogen-bond acceptors (Lipinski definition) is 4. The molecule has 0 aliphatic carbocycles.